The van der Waals surface area contributed by atoms with E-state index in [4.69, 9.17) is 0 Å². The van der Waals surface area contributed by atoms with Crippen LogP contribution in [0.3, 0.4) is 0 Å². The Bertz CT molecular complexity index is 208. The predicted molar refractivity (Wildman–Crippen MR) is 90.4 cm³/mol. The summed E-state index contributed by atoms with van der Waals surface area (Å²) in [7, 11) is 0. The van der Waals surface area contributed by atoms with Crippen LogP contribution in [0, 0.1) is 5.92 Å². The summed E-state index contributed by atoms with van der Waals surface area (Å²) in [6.45, 7) is 9.02. The molecular formula is C19H40FN. The zero-order chi connectivity index (χ0) is 14.5. The van der Waals surface area contributed by atoms with Crippen LogP contribution in [0.25, 0.3) is 0 Å². The Labute approximate surface area is 133 Å². The average molecular weight is 302 g/mol. The topological polar surface area (TPSA) is 4.44 Å². The van der Waals surface area contributed by atoms with Crippen LogP contribution in [-0.4, -0.2) is 19.6 Å². The van der Waals surface area contributed by atoms with E-state index in [2.05, 4.69) is 13.8 Å². The number of nitrogens with one attached hydrogen (secondary N) is 1. The molecule has 128 valence electrons. The highest BCUT2D eigenvalue weighted by Gasteiger charge is 2.24. The highest BCUT2D eigenvalue weighted by atomic mass is 19.0. The molecule has 0 saturated carbocycles. The van der Waals surface area contributed by atoms with Gasteiger partial charge in [-0.05, 0) is 19.3 Å². The Morgan fingerprint density at radius 1 is 0.762 bits per heavy atom. The fourth-order valence-corrected chi connectivity index (χ4v) is 3.76. The molecule has 0 spiro atoms. The van der Waals surface area contributed by atoms with Gasteiger partial charge in [0.25, 0.3) is 0 Å². The highest BCUT2D eigenvalue weighted by Crippen LogP contribution is 2.12. The second-order valence-electron chi connectivity index (χ2n) is 7.08. The minimum absolute atomic E-state index is 0. The monoisotopic (exact) mass is 301 g/mol. The second kappa shape index (κ2) is 14.8. The first-order valence-corrected chi connectivity index (χ1v) is 9.70. The molecule has 0 aromatic heterocycles. The largest absolute Gasteiger partial charge is 1.00 e. The lowest BCUT2D eigenvalue weighted by Gasteiger charge is -2.13. The van der Waals surface area contributed by atoms with E-state index in [9.17, 15) is 0 Å². The van der Waals surface area contributed by atoms with Gasteiger partial charge in [-0.15, -0.1) is 0 Å². The molecule has 0 amide bonds. The lowest BCUT2D eigenvalue weighted by atomic mass is 10.0. The molecular weight excluding hydrogens is 261 g/mol. The van der Waals surface area contributed by atoms with Gasteiger partial charge >= 0.3 is 0 Å². The third-order valence-corrected chi connectivity index (χ3v) is 5.06. The normalized spacial score (nSPS) is 21.4. The van der Waals surface area contributed by atoms with Crippen molar-refractivity contribution in [1.29, 1.82) is 0 Å². The van der Waals surface area contributed by atoms with Crippen molar-refractivity contribution in [3.63, 3.8) is 0 Å². The van der Waals surface area contributed by atoms with E-state index in [1.165, 1.54) is 103 Å². The van der Waals surface area contributed by atoms with Crippen molar-refractivity contribution in [1.82, 2.24) is 0 Å². The van der Waals surface area contributed by atoms with Crippen molar-refractivity contribution in [2.45, 2.75) is 97.3 Å². The summed E-state index contributed by atoms with van der Waals surface area (Å²) in [6, 6.07) is 0. The fourth-order valence-electron chi connectivity index (χ4n) is 3.76. The Morgan fingerprint density at radius 3 is 1.90 bits per heavy atom. The molecule has 0 aromatic carbocycles. The van der Waals surface area contributed by atoms with Crippen molar-refractivity contribution in [3.05, 3.63) is 0 Å². The van der Waals surface area contributed by atoms with Gasteiger partial charge in [-0.2, -0.15) is 0 Å². The molecule has 21 heavy (non-hydrogen) atoms. The van der Waals surface area contributed by atoms with Gasteiger partial charge in [0.2, 0.25) is 0 Å². The highest BCUT2D eigenvalue weighted by molar-refractivity contribution is 4.61. The third-order valence-electron chi connectivity index (χ3n) is 5.06. The van der Waals surface area contributed by atoms with Gasteiger partial charge in [-0.3, -0.25) is 0 Å². The Balaban J connectivity index is 0.00000400. The maximum Gasteiger partial charge on any atom is 0.0801 e. The van der Waals surface area contributed by atoms with E-state index in [0.29, 0.717) is 0 Å². The summed E-state index contributed by atoms with van der Waals surface area (Å²) in [5, 5.41) is 0. The van der Waals surface area contributed by atoms with Crippen LogP contribution in [0.4, 0.5) is 0 Å². The molecule has 2 atom stereocenters. The van der Waals surface area contributed by atoms with Gasteiger partial charge in [0.05, 0.1) is 19.6 Å². The van der Waals surface area contributed by atoms with Crippen LogP contribution in [0.5, 0.6) is 0 Å². The van der Waals surface area contributed by atoms with Crippen LogP contribution in [0.15, 0.2) is 0 Å². The number of halogens is 1. The van der Waals surface area contributed by atoms with Gasteiger partial charge in [0.1, 0.15) is 0 Å². The molecule has 1 heterocycles. The first-order valence-electron chi connectivity index (χ1n) is 9.70. The smallest absolute Gasteiger partial charge is 0.0801 e. The first kappa shape index (κ1) is 20.9. The molecule has 0 aromatic rings. The van der Waals surface area contributed by atoms with Crippen LogP contribution in [-0.2, 0) is 0 Å². The summed E-state index contributed by atoms with van der Waals surface area (Å²) in [6.07, 6.45) is 19.0. The number of hydrogen-bond donors (Lipinski definition) is 1. The molecule has 1 fully saturated rings. The molecule has 2 heteroatoms. The molecule has 1 aliphatic rings. The summed E-state index contributed by atoms with van der Waals surface area (Å²) in [4.78, 5) is 1.91. The molecule has 1 N–H and O–H groups in total. The van der Waals surface area contributed by atoms with E-state index in [0.717, 1.165) is 5.92 Å². The van der Waals surface area contributed by atoms with Crippen molar-refractivity contribution in [2.24, 2.45) is 5.92 Å². The van der Waals surface area contributed by atoms with E-state index >= 15 is 0 Å². The molecule has 1 aliphatic heterocycles. The minimum atomic E-state index is 0. The Hall–Kier alpha value is -0.110. The fraction of sp³-hybridized carbons (Fsp3) is 1.00. The van der Waals surface area contributed by atoms with Crippen molar-refractivity contribution in [2.75, 3.05) is 19.6 Å². The summed E-state index contributed by atoms with van der Waals surface area (Å²) in [5.41, 5.74) is 0. The van der Waals surface area contributed by atoms with Gasteiger partial charge in [-0.25, -0.2) is 0 Å². The number of rotatable bonds is 13. The Kier molecular flexibility index (Phi) is 14.7. The summed E-state index contributed by atoms with van der Waals surface area (Å²) < 4.78 is 0. The molecule has 1 saturated heterocycles. The lowest BCUT2D eigenvalue weighted by Crippen LogP contribution is -3.10. The maximum absolute atomic E-state index is 2.33. The van der Waals surface area contributed by atoms with Crippen LogP contribution < -0.4 is 9.60 Å². The summed E-state index contributed by atoms with van der Waals surface area (Å²) >= 11 is 0. The van der Waals surface area contributed by atoms with Gasteiger partial charge < -0.3 is 9.60 Å². The molecule has 0 bridgehead atoms. The molecule has 0 aliphatic carbocycles. The molecule has 2 unspecified atom stereocenters. The van der Waals surface area contributed by atoms with Gasteiger partial charge in [-0.1, -0.05) is 71.6 Å². The second-order valence-corrected chi connectivity index (χ2v) is 7.08. The number of likely N-dealkylation sites (tertiary alicyclic amines) is 1. The minimum Gasteiger partial charge on any atom is -1.00 e. The number of unbranched alkanes of at least 4 members (excludes halogenated alkanes) is 9. The van der Waals surface area contributed by atoms with Gasteiger partial charge in [0.15, 0.2) is 0 Å². The molecule has 1 nitrogen and oxygen atoms in total. The zero-order valence-electron chi connectivity index (χ0n) is 14.8. The van der Waals surface area contributed by atoms with Crippen molar-refractivity contribution >= 4 is 0 Å². The number of quaternary nitrogens is 1. The lowest BCUT2D eigenvalue weighted by molar-refractivity contribution is -0.889. The summed E-state index contributed by atoms with van der Waals surface area (Å²) in [5.74, 6) is 1.05. The van der Waals surface area contributed by atoms with E-state index < -0.39 is 0 Å². The third kappa shape index (κ3) is 11.2. The van der Waals surface area contributed by atoms with E-state index in [-0.39, 0.29) is 4.70 Å². The molecule has 0 radical (unpaired) electrons. The van der Waals surface area contributed by atoms with Crippen molar-refractivity contribution in [3.8, 4) is 0 Å². The standard InChI is InChI=1S/C19H39N.FH/c1-3-5-6-7-8-9-10-11-12-13-16-20-17-15-19(18-20)14-4-2;/h19H,3-18H2,1-2H3;1H. The zero-order valence-corrected chi connectivity index (χ0v) is 14.8. The van der Waals surface area contributed by atoms with Crippen LogP contribution in [0.1, 0.15) is 97.3 Å². The van der Waals surface area contributed by atoms with Crippen LogP contribution in [0.2, 0.25) is 0 Å². The van der Waals surface area contributed by atoms with Crippen molar-refractivity contribution < 1.29 is 9.60 Å². The van der Waals surface area contributed by atoms with E-state index in [1.54, 1.807) is 0 Å². The number of hydrogen-bond acceptors (Lipinski definition) is 0. The maximum atomic E-state index is 2.33. The van der Waals surface area contributed by atoms with E-state index in [1.807, 2.05) is 4.90 Å². The van der Waals surface area contributed by atoms with Crippen LogP contribution >= 0.6 is 0 Å². The predicted octanol–water partition coefficient (Wildman–Crippen LogP) is 1.62. The average Bonchev–Trinajstić information content (AvgIpc) is 2.89. The Morgan fingerprint density at radius 2 is 1.33 bits per heavy atom. The molecule has 1 rings (SSSR count). The first-order chi connectivity index (χ1) is 9.86. The van der Waals surface area contributed by atoms with Gasteiger partial charge in [0, 0.05) is 12.3 Å². The quantitative estimate of drug-likeness (QED) is 0.493. The SMILES string of the molecule is CCCCCCCCCCCC[NH+]1CCC(CCC)C1.[F-].